The Hall–Kier alpha value is -2.54. The normalized spacial score (nSPS) is 24.9. The first-order valence-corrected chi connectivity index (χ1v) is 11.5. The van der Waals surface area contributed by atoms with Gasteiger partial charge in [-0.2, -0.15) is 0 Å². The smallest absolute Gasteiger partial charge is 0.160 e. The van der Waals surface area contributed by atoms with E-state index in [1.165, 1.54) is 43.9 Å². The summed E-state index contributed by atoms with van der Waals surface area (Å²) in [7, 11) is 0. The largest absolute Gasteiger partial charge is 0.206 e. The monoisotopic (exact) mass is 440 g/mol. The fraction of sp³-hybridized carbons (Fsp3) is 0.429. The number of hydrogen-bond donors (Lipinski definition) is 0. The van der Waals surface area contributed by atoms with Crippen molar-refractivity contribution in [2.45, 2.75) is 57.3 Å². The van der Waals surface area contributed by atoms with Gasteiger partial charge in [0.05, 0.1) is 5.56 Å². The molecule has 4 unspecified atom stereocenters. The molecule has 4 atom stereocenters. The maximum atomic E-state index is 14.7. The molecule has 0 bridgehead atoms. The average molecular weight is 441 g/mol. The lowest BCUT2D eigenvalue weighted by atomic mass is 9.63. The van der Waals surface area contributed by atoms with Gasteiger partial charge in [-0.1, -0.05) is 24.3 Å². The topological polar surface area (TPSA) is 0 Å². The second-order valence-electron chi connectivity index (χ2n) is 9.31. The van der Waals surface area contributed by atoms with Crippen LogP contribution in [0.1, 0.15) is 74.0 Å². The number of rotatable bonds is 4. The number of hydrogen-bond acceptors (Lipinski definition) is 0. The van der Waals surface area contributed by atoms with Crippen molar-refractivity contribution in [3.05, 3.63) is 82.9 Å². The van der Waals surface area contributed by atoms with E-state index in [1.807, 2.05) is 6.08 Å². The molecule has 0 aromatic heterocycles. The van der Waals surface area contributed by atoms with E-state index in [0.29, 0.717) is 11.5 Å². The highest BCUT2D eigenvalue weighted by Crippen LogP contribution is 2.48. The van der Waals surface area contributed by atoms with Crippen LogP contribution in [0.25, 0.3) is 0 Å². The summed E-state index contributed by atoms with van der Waals surface area (Å²) < 4.78 is 55.8. The lowest BCUT2D eigenvalue weighted by Crippen LogP contribution is -2.30. The van der Waals surface area contributed by atoms with Crippen molar-refractivity contribution in [1.82, 2.24) is 0 Å². The van der Waals surface area contributed by atoms with Gasteiger partial charge in [-0.25, -0.2) is 17.6 Å². The van der Waals surface area contributed by atoms with Gasteiger partial charge >= 0.3 is 0 Å². The van der Waals surface area contributed by atoms with Gasteiger partial charge in [0, 0.05) is 5.56 Å². The van der Waals surface area contributed by atoms with Gasteiger partial charge in [0.2, 0.25) is 0 Å². The SMILES string of the molecule is C=CCCC1CCC2CC(c3cc(F)c(C#Cc4ccc(F)c(F)c4)c(F)c3)CCC2C1. The molecule has 0 spiro atoms. The first-order valence-electron chi connectivity index (χ1n) is 11.5. The summed E-state index contributed by atoms with van der Waals surface area (Å²) in [4.78, 5) is 0. The Bertz CT molecular complexity index is 1020. The number of benzene rings is 2. The molecule has 0 heterocycles. The maximum absolute atomic E-state index is 14.7. The van der Waals surface area contributed by atoms with Gasteiger partial charge in [-0.15, -0.1) is 6.58 Å². The predicted molar refractivity (Wildman–Crippen MR) is 119 cm³/mol. The minimum atomic E-state index is -1.04. The van der Waals surface area contributed by atoms with E-state index < -0.39 is 23.3 Å². The lowest BCUT2D eigenvalue weighted by molar-refractivity contribution is 0.115. The van der Waals surface area contributed by atoms with Crippen LogP contribution < -0.4 is 0 Å². The highest BCUT2D eigenvalue weighted by atomic mass is 19.2. The molecule has 4 heteroatoms. The minimum absolute atomic E-state index is 0.161. The number of fused-ring (bicyclic) bond motifs is 1. The molecule has 0 radical (unpaired) electrons. The summed E-state index contributed by atoms with van der Waals surface area (Å²) in [6, 6.07) is 5.94. The van der Waals surface area contributed by atoms with Gasteiger partial charge in [0.25, 0.3) is 0 Å². The molecule has 168 valence electrons. The highest BCUT2D eigenvalue weighted by Gasteiger charge is 2.36. The van der Waals surface area contributed by atoms with Crippen molar-refractivity contribution >= 4 is 0 Å². The molecule has 32 heavy (non-hydrogen) atoms. The van der Waals surface area contributed by atoms with Crippen molar-refractivity contribution in [2.75, 3.05) is 0 Å². The summed E-state index contributed by atoms with van der Waals surface area (Å²) in [5.74, 6) is 3.84. The Balaban J connectivity index is 1.46. The number of halogens is 4. The van der Waals surface area contributed by atoms with Crippen LogP contribution in [-0.4, -0.2) is 0 Å². The molecule has 2 fully saturated rings. The Kier molecular flexibility index (Phi) is 7.04. The lowest BCUT2D eigenvalue weighted by Gasteiger charge is -2.42. The van der Waals surface area contributed by atoms with Crippen molar-refractivity contribution in [3.8, 4) is 11.8 Å². The predicted octanol–water partition coefficient (Wildman–Crippen LogP) is 7.91. The maximum Gasteiger partial charge on any atom is 0.160 e. The summed E-state index contributed by atoms with van der Waals surface area (Å²) in [5, 5.41) is 0. The fourth-order valence-electron chi connectivity index (χ4n) is 5.56. The van der Waals surface area contributed by atoms with Gasteiger partial charge in [0.1, 0.15) is 11.6 Å². The molecule has 2 saturated carbocycles. The van der Waals surface area contributed by atoms with Gasteiger partial charge < -0.3 is 0 Å². The van der Waals surface area contributed by atoms with Crippen molar-refractivity contribution in [1.29, 1.82) is 0 Å². The third kappa shape index (κ3) is 5.09. The molecule has 2 aliphatic carbocycles. The molecule has 2 aliphatic rings. The third-order valence-electron chi connectivity index (χ3n) is 7.29. The molecule has 0 saturated heterocycles. The Morgan fingerprint density at radius 2 is 1.53 bits per heavy atom. The van der Waals surface area contributed by atoms with Crippen LogP contribution in [0.15, 0.2) is 43.0 Å². The molecular weight excluding hydrogens is 412 g/mol. The second-order valence-corrected chi connectivity index (χ2v) is 9.31. The van der Waals surface area contributed by atoms with Crippen LogP contribution in [0.2, 0.25) is 0 Å². The zero-order valence-corrected chi connectivity index (χ0v) is 18.1. The first kappa shape index (κ1) is 22.6. The summed E-state index contributed by atoms with van der Waals surface area (Å²) in [6.45, 7) is 3.83. The first-order chi connectivity index (χ1) is 15.4. The zero-order valence-electron chi connectivity index (χ0n) is 18.1. The van der Waals surface area contributed by atoms with Crippen molar-refractivity contribution in [2.24, 2.45) is 17.8 Å². The van der Waals surface area contributed by atoms with E-state index >= 15 is 0 Å². The molecular formula is C28H28F4. The molecule has 0 amide bonds. The molecule has 0 N–H and O–H groups in total. The molecule has 2 aromatic carbocycles. The van der Waals surface area contributed by atoms with Crippen LogP contribution in [0, 0.1) is 52.9 Å². The van der Waals surface area contributed by atoms with Gasteiger partial charge in [0.15, 0.2) is 11.6 Å². The van der Waals surface area contributed by atoms with Crippen LogP contribution in [0.3, 0.4) is 0 Å². The Morgan fingerprint density at radius 3 is 2.25 bits per heavy atom. The van der Waals surface area contributed by atoms with E-state index in [0.717, 1.165) is 49.7 Å². The van der Waals surface area contributed by atoms with E-state index in [-0.39, 0.29) is 17.0 Å². The van der Waals surface area contributed by atoms with Gasteiger partial charge in [-0.05, 0) is 105 Å². The van der Waals surface area contributed by atoms with Gasteiger partial charge in [-0.3, -0.25) is 0 Å². The molecule has 4 rings (SSSR count). The average Bonchev–Trinajstić information content (AvgIpc) is 2.78. The summed E-state index contributed by atoms with van der Waals surface area (Å²) in [6.07, 6.45) is 11.1. The van der Waals surface area contributed by atoms with E-state index in [9.17, 15) is 17.6 Å². The minimum Gasteiger partial charge on any atom is -0.206 e. The number of allylic oxidation sites excluding steroid dienone is 1. The highest BCUT2D eigenvalue weighted by molar-refractivity contribution is 5.45. The standard InChI is InChI=1S/C28H28F4/c1-2-3-4-18-5-8-21-15-22(10-9-20(21)13-18)23-16-26(30)24(27(31)17-23)11-6-19-7-12-25(29)28(32)14-19/h2,7,12,14,16-18,20-22H,1,3-5,8-10,13,15H2. The van der Waals surface area contributed by atoms with Crippen molar-refractivity contribution in [3.63, 3.8) is 0 Å². The van der Waals surface area contributed by atoms with Crippen molar-refractivity contribution < 1.29 is 17.6 Å². The molecule has 2 aromatic rings. The second kappa shape index (κ2) is 9.94. The summed E-state index contributed by atoms with van der Waals surface area (Å²) >= 11 is 0. The fourth-order valence-corrected chi connectivity index (χ4v) is 5.56. The zero-order chi connectivity index (χ0) is 22.7. The van der Waals surface area contributed by atoms with Crippen LogP contribution >= 0.6 is 0 Å². The van der Waals surface area contributed by atoms with Crippen LogP contribution in [0.4, 0.5) is 17.6 Å². The molecule has 0 nitrogen and oxygen atoms in total. The molecule has 0 aliphatic heterocycles. The summed E-state index contributed by atoms with van der Waals surface area (Å²) in [5.41, 5.74) is 0.522. The van der Waals surface area contributed by atoms with Crippen LogP contribution in [0.5, 0.6) is 0 Å². The Labute approximate surface area is 187 Å². The van der Waals surface area contributed by atoms with E-state index in [1.54, 1.807) is 0 Å². The van der Waals surface area contributed by atoms with Crippen LogP contribution in [-0.2, 0) is 0 Å². The third-order valence-corrected chi connectivity index (χ3v) is 7.29. The van der Waals surface area contributed by atoms with E-state index in [2.05, 4.69) is 18.4 Å². The quantitative estimate of drug-likeness (QED) is 0.257. The van der Waals surface area contributed by atoms with E-state index in [4.69, 9.17) is 0 Å². The Morgan fingerprint density at radius 1 is 0.812 bits per heavy atom.